The van der Waals surface area contributed by atoms with Crippen molar-refractivity contribution in [2.75, 3.05) is 33.4 Å². The van der Waals surface area contributed by atoms with Crippen LogP contribution in [-0.2, 0) is 20.7 Å². The van der Waals surface area contributed by atoms with E-state index in [9.17, 15) is 9.59 Å². The highest BCUT2D eigenvalue weighted by Gasteiger charge is 2.53. The Morgan fingerprint density at radius 3 is 3.08 bits per heavy atom. The summed E-state index contributed by atoms with van der Waals surface area (Å²) in [5.74, 6) is 0.272. The van der Waals surface area contributed by atoms with Crippen molar-refractivity contribution in [3.63, 3.8) is 0 Å². The van der Waals surface area contributed by atoms with Crippen molar-refractivity contribution in [3.8, 4) is 0 Å². The quantitative estimate of drug-likeness (QED) is 0.874. The largest absolute Gasteiger partial charge is 0.381 e. The van der Waals surface area contributed by atoms with Crippen molar-refractivity contribution in [2.24, 2.45) is 11.3 Å². The summed E-state index contributed by atoms with van der Waals surface area (Å²) in [5, 5.41) is 2.78. The average Bonchev–Trinajstić information content (AvgIpc) is 3.03. The highest BCUT2D eigenvalue weighted by molar-refractivity contribution is 5.85. The molecule has 130 valence electrons. The van der Waals surface area contributed by atoms with Gasteiger partial charge in [-0.05, 0) is 31.4 Å². The fourth-order valence-corrected chi connectivity index (χ4v) is 3.88. The second-order valence-corrected chi connectivity index (χ2v) is 6.71. The van der Waals surface area contributed by atoms with E-state index in [2.05, 4.69) is 10.3 Å². The predicted octanol–water partition coefficient (Wildman–Crippen LogP) is 1.02. The normalized spacial score (nSPS) is 26.0. The molecule has 3 heterocycles. The van der Waals surface area contributed by atoms with E-state index < -0.39 is 5.41 Å². The first kappa shape index (κ1) is 16.9. The molecular weight excluding hydrogens is 306 g/mol. The first-order chi connectivity index (χ1) is 11.7. The number of likely N-dealkylation sites (tertiary alicyclic amines) is 1. The summed E-state index contributed by atoms with van der Waals surface area (Å²) in [5.41, 5.74) is 0.541. The van der Waals surface area contributed by atoms with Gasteiger partial charge >= 0.3 is 0 Å². The summed E-state index contributed by atoms with van der Waals surface area (Å²) in [7, 11) is 1.67. The zero-order valence-electron chi connectivity index (χ0n) is 14.2. The number of amides is 2. The maximum Gasteiger partial charge on any atom is 0.228 e. The topological polar surface area (TPSA) is 71.5 Å². The van der Waals surface area contributed by atoms with Crippen LogP contribution in [-0.4, -0.2) is 55.0 Å². The zero-order valence-corrected chi connectivity index (χ0v) is 14.2. The van der Waals surface area contributed by atoms with Crippen molar-refractivity contribution in [3.05, 3.63) is 30.1 Å². The van der Waals surface area contributed by atoms with Gasteiger partial charge in [-0.2, -0.15) is 0 Å². The van der Waals surface area contributed by atoms with Crippen LogP contribution in [0.25, 0.3) is 0 Å². The number of hydrogen-bond donors (Lipinski definition) is 1. The van der Waals surface area contributed by atoms with Gasteiger partial charge in [0.1, 0.15) is 0 Å². The van der Waals surface area contributed by atoms with Crippen LogP contribution in [0.1, 0.15) is 25.0 Å². The van der Waals surface area contributed by atoms with Crippen LogP contribution in [0.5, 0.6) is 0 Å². The van der Waals surface area contributed by atoms with Crippen molar-refractivity contribution >= 4 is 11.8 Å². The molecule has 6 nitrogen and oxygen atoms in total. The lowest BCUT2D eigenvalue weighted by atomic mass is 9.73. The second-order valence-electron chi connectivity index (χ2n) is 6.71. The number of hydrogen-bond acceptors (Lipinski definition) is 4. The van der Waals surface area contributed by atoms with Crippen LogP contribution >= 0.6 is 0 Å². The molecule has 0 saturated carbocycles. The van der Waals surface area contributed by atoms with Gasteiger partial charge < -0.3 is 15.0 Å². The fraction of sp³-hybridized carbons (Fsp3) is 0.611. The zero-order chi connectivity index (χ0) is 17.0. The predicted molar refractivity (Wildman–Crippen MR) is 89.2 cm³/mol. The van der Waals surface area contributed by atoms with E-state index >= 15 is 0 Å². The number of carbonyl (C=O) groups excluding carboxylic acids is 2. The molecule has 0 unspecified atom stereocenters. The van der Waals surface area contributed by atoms with Crippen molar-refractivity contribution in [1.82, 2.24) is 15.2 Å². The number of pyridine rings is 1. The number of rotatable bonds is 5. The summed E-state index contributed by atoms with van der Waals surface area (Å²) >= 11 is 0. The Balaban J connectivity index is 1.57. The SMILES string of the molecule is CNC(=O)[C@]12CCOC[C@H]1CN(C(=O)CCCc1ccccn1)C2. The van der Waals surface area contributed by atoms with Crippen LogP contribution in [0.2, 0.25) is 0 Å². The third kappa shape index (κ3) is 3.29. The maximum atomic E-state index is 12.6. The summed E-state index contributed by atoms with van der Waals surface area (Å²) in [6, 6.07) is 5.83. The fourth-order valence-electron chi connectivity index (χ4n) is 3.88. The van der Waals surface area contributed by atoms with E-state index in [0.29, 0.717) is 39.1 Å². The van der Waals surface area contributed by atoms with Crippen LogP contribution in [0.3, 0.4) is 0 Å². The minimum atomic E-state index is -0.469. The van der Waals surface area contributed by atoms with Crippen LogP contribution in [0, 0.1) is 11.3 Å². The van der Waals surface area contributed by atoms with E-state index in [0.717, 1.165) is 18.5 Å². The van der Waals surface area contributed by atoms with E-state index in [-0.39, 0.29) is 17.7 Å². The Labute approximate surface area is 142 Å². The molecule has 0 radical (unpaired) electrons. The molecule has 1 N–H and O–H groups in total. The van der Waals surface area contributed by atoms with Gasteiger partial charge in [-0.25, -0.2) is 0 Å². The Hall–Kier alpha value is -1.95. The summed E-state index contributed by atoms with van der Waals surface area (Å²) in [4.78, 5) is 31.1. The number of carbonyl (C=O) groups is 2. The van der Waals surface area contributed by atoms with Gasteiger partial charge in [-0.15, -0.1) is 0 Å². The molecule has 24 heavy (non-hydrogen) atoms. The number of nitrogens with zero attached hydrogens (tertiary/aromatic N) is 2. The third-order valence-corrected chi connectivity index (χ3v) is 5.29. The van der Waals surface area contributed by atoms with Gasteiger partial charge in [0.15, 0.2) is 0 Å². The molecule has 0 aliphatic carbocycles. The molecule has 1 aromatic rings. The van der Waals surface area contributed by atoms with Crippen LogP contribution < -0.4 is 5.32 Å². The van der Waals surface area contributed by atoms with Gasteiger partial charge in [-0.3, -0.25) is 14.6 Å². The maximum absolute atomic E-state index is 12.6. The first-order valence-corrected chi connectivity index (χ1v) is 8.63. The lowest BCUT2D eigenvalue weighted by Gasteiger charge is -2.36. The lowest BCUT2D eigenvalue weighted by molar-refractivity contribution is -0.139. The standard InChI is InChI=1S/C18H25N3O3/c1-19-17(23)18-8-10-24-12-14(18)11-21(13-18)16(22)7-4-6-15-5-2-3-9-20-15/h2-3,5,9,14H,4,6-8,10-13H2,1H3,(H,19,23)/t14-,18+/m1/s1. The molecule has 2 atom stereocenters. The molecule has 6 heteroatoms. The summed E-state index contributed by atoms with van der Waals surface area (Å²) < 4.78 is 5.54. The Morgan fingerprint density at radius 1 is 1.46 bits per heavy atom. The minimum Gasteiger partial charge on any atom is -0.381 e. The highest BCUT2D eigenvalue weighted by atomic mass is 16.5. The number of ether oxygens (including phenoxy) is 1. The number of fused-ring (bicyclic) bond motifs is 1. The van der Waals surface area contributed by atoms with E-state index in [1.54, 1.807) is 13.2 Å². The smallest absolute Gasteiger partial charge is 0.228 e. The van der Waals surface area contributed by atoms with Crippen LogP contribution in [0.4, 0.5) is 0 Å². The van der Waals surface area contributed by atoms with Gasteiger partial charge in [0.2, 0.25) is 11.8 Å². The molecule has 2 saturated heterocycles. The molecule has 0 aromatic carbocycles. The third-order valence-electron chi connectivity index (χ3n) is 5.29. The highest BCUT2D eigenvalue weighted by Crippen LogP contribution is 2.42. The summed E-state index contributed by atoms with van der Waals surface area (Å²) in [6.45, 7) is 2.29. The molecule has 2 aliphatic rings. The van der Waals surface area contributed by atoms with Crippen molar-refractivity contribution in [1.29, 1.82) is 0 Å². The van der Waals surface area contributed by atoms with Gasteiger partial charge in [0.25, 0.3) is 0 Å². The molecule has 2 amide bonds. The minimum absolute atomic E-state index is 0.0413. The second kappa shape index (κ2) is 7.30. The number of aryl methyl sites for hydroxylation is 1. The van der Waals surface area contributed by atoms with Gasteiger partial charge in [0.05, 0.1) is 12.0 Å². The van der Waals surface area contributed by atoms with Gasteiger partial charge in [-0.1, -0.05) is 6.07 Å². The number of nitrogens with one attached hydrogen (secondary N) is 1. The van der Waals surface area contributed by atoms with E-state index in [1.165, 1.54) is 0 Å². The lowest BCUT2D eigenvalue weighted by Crippen LogP contribution is -2.49. The Morgan fingerprint density at radius 2 is 2.33 bits per heavy atom. The molecule has 2 aliphatic heterocycles. The van der Waals surface area contributed by atoms with Crippen LogP contribution in [0.15, 0.2) is 24.4 Å². The molecule has 0 bridgehead atoms. The van der Waals surface area contributed by atoms with Crippen molar-refractivity contribution < 1.29 is 14.3 Å². The Kier molecular flexibility index (Phi) is 5.14. The van der Waals surface area contributed by atoms with E-state index in [1.807, 2.05) is 23.1 Å². The molecule has 1 aromatic heterocycles. The monoisotopic (exact) mass is 331 g/mol. The number of aromatic nitrogens is 1. The van der Waals surface area contributed by atoms with Crippen molar-refractivity contribution in [2.45, 2.75) is 25.7 Å². The molecular formula is C18H25N3O3. The van der Waals surface area contributed by atoms with Gasteiger partial charge in [0, 0.05) is 51.0 Å². The molecule has 3 rings (SSSR count). The Bertz CT molecular complexity index is 592. The average molecular weight is 331 g/mol. The summed E-state index contributed by atoms with van der Waals surface area (Å²) in [6.07, 6.45) is 4.53. The first-order valence-electron chi connectivity index (χ1n) is 8.63. The molecule has 0 spiro atoms. The molecule has 2 fully saturated rings. The van der Waals surface area contributed by atoms with E-state index in [4.69, 9.17) is 4.74 Å².